The summed E-state index contributed by atoms with van der Waals surface area (Å²) >= 11 is 1.71. The summed E-state index contributed by atoms with van der Waals surface area (Å²) in [7, 11) is 0. The van der Waals surface area contributed by atoms with Crippen molar-refractivity contribution in [1.82, 2.24) is 4.90 Å². The van der Waals surface area contributed by atoms with Gasteiger partial charge in [-0.3, -0.25) is 9.69 Å². The van der Waals surface area contributed by atoms with Crippen LogP contribution in [0.2, 0.25) is 0 Å². The molecule has 0 aliphatic carbocycles. The van der Waals surface area contributed by atoms with Crippen molar-refractivity contribution in [2.75, 3.05) is 18.8 Å². The number of nitrogens with zero attached hydrogens (tertiary/aromatic N) is 1. The highest BCUT2D eigenvalue weighted by atomic mass is 32.2. The number of carboxylic acid groups (broad SMARTS) is 2. The SMILES string of the molecule is O=C(O)CCCCN(CCc1ccccc1OCc1ccc(CCc2ccccc2)cc1)C1CCSc2cc(C(=O)O)ccc21. The number of hydrogen-bond acceptors (Lipinski definition) is 5. The molecular formula is C38H41NO5S. The molecule has 234 valence electrons. The van der Waals surface area contributed by atoms with Gasteiger partial charge in [0.25, 0.3) is 0 Å². The number of aryl methyl sites for hydroxylation is 2. The van der Waals surface area contributed by atoms with Crippen molar-refractivity contribution in [2.45, 2.75) is 62.5 Å². The van der Waals surface area contributed by atoms with E-state index in [-0.39, 0.29) is 12.5 Å². The smallest absolute Gasteiger partial charge is 0.335 e. The first-order chi connectivity index (χ1) is 22.0. The van der Waals surface area contributed by atoms with Crippen LogP contribution in [0, 0.1) is 0 Å². The number of hydrogen-bond donors (Lipinski definition) is 2. The molecular weight excluding hydrogens is 582 g/mol. The van der Waals surface area contributed by atoms with E-state index >= 15 is 0 Å². The molecule has 0 saturated carbocycles. The van der Waals surface area contributed by atoms with E-state index in [0.717, 1.165) is 78.3 Å². The van der Waals surface area contributed by atoms with Crippen molar-refractivity contribution >= 4 is 23.7 Å². The molecule has 6 nitrogen and oxygen atoms in total. The van der Waals surface area contributed by atoms with Crippen LogP contribution < -0.4 is 4.74 Å². The van der Waals surface area contributed by atoms with Crippen molar-refractivity contribution in [3.63, 3.8) is 0 Å². The molecule has 0 saturated heterocycles. The predicted molar refractivity (Wildman–Crippen MR) is 179 cm³/mol. The van der Waals surface area contributed by atoms with Crippen molar-refractivity contribution in [2.24, 2.45) is 0 Å². The van der Waals surface area contributed by atoms with E-state index in [1.165, 1.54) is 11.1 Å². The zero-order chi connectivity index (χ0) is 31.4. The Morgan fingerprint density at radius 2 is 1.49 bits per heavy atom. The molecule has 4 aromatic rings. The van der Waals surface area contributed by atoms with Crippen molar-refractivity contribution in [3.05, 3.63) is 130 Å². The largest absolute Gasteiger partial charge is 0.489 e. The summed E-state index contributed by atoms with van der Waals surface area (Å²) in [6.07, 6.45) is 5.36. The maximum Gasteiger partial charge on any atom is 0.335 e. The second-order valence-electron chi connectivity index (χ2n) is 11.5. The summed E-state index contributed by atoms with van der Waals surface area (Å²) in [4.78, 5) is 26.2. The van der Waals surface area contributed by atoms with Gasteiger partial charge in [-0.05, 0) is 96.8 Å². The molecule has 0 radical (unpaired) electrons. The molecule has 0 bridgehead atoms. The highest BCUT2D eigenvalue weighted by Crippen LogP contribution is 2.40. The zero-order valence-electron chi connectivity index (χ0n) is 25.6. The Bertz CT molecular complexity index is 1560. The normalized spacial score (nSPS) is 14.2. The third-order valence-electron chi connectivity index (χ3n) is 8.40. The minimum Gasteiger partial charge on any atom is -0.489 e. The lowest BCUT2D eigenvalue weighted by atomic mass is 9.99. The predicted octanol–water partition coefficient (Wildman–Crippen LogP) is 8.09. The molecule has 1 aliphatic rings. The summed E-state index contributed by atoms with van der Waals surface area (Å²) in [5.41, 5.74) is 6.39. The first-order valence-corrected chi connectivity index (χ1v) is 16.7. The molecule has 1 unspecified atom stereocenters. The Morgan fingerprint density at radius 1 is 0.778 bits per heavy atom. The average molecular weight is 624 g/mol. The van der Waals surface area contributed by atoms with Crippen molar-refractivity contribution in [1.29, 1.82) is 0 Å². The van der Waals surface area contributed by atoms with Gasteiger partial charge in [0.1, 0.15) is 12.4 Å². The van der Waals surface area contributed by atoms with E-state index in [4.69, 9.17) is 9.84 Å². The molecule has 0 spiro atoms. The fourth-order valence-corrected chi connectivity index (χ4v) is 7.05. The number of aromatic carboxylic acids is 1. The van der Waals surface area contributed by atoms with E-state index in [9.17, 15) is 14.7 Å². The number of benzene rings is 4. The van der Waals surface area contributed by atoms with Crippen LogP contribution in [-0.4, -0.2) is 45.9 Å². The topological polar surface area (TPSA) is 87.1 Å². The molecule has 45 heavy (non-hydrogen) atoms. The Balaban J connectivity index is 1.22. The van der Waals surface area contributed by atoms with Crippen molar-refractivity contribution in [3.8, 4) is 5.75 Å². The van der Waals surface area contributed by atoms with Gasteiger partial charge in [-0.1, -0.05) is 78.9 Å². The summed E-state index contributed by atoms with van der Waals surface area (Å²) in [6, 6.07) is 33.0. The van der Waals surface area contributed by atoms with Gasteiger partial charge in [-0.25, -0.2) is 4.79 Å². The molecule has 1 atom stereocenters. The van der Waals surface area contributed by atoms with Gasteiger partial charge in [-0.2, -0.15) is 0 Å². The van der Waals surface area contributed by atoms with Gasteiger partial charge in [-0.15, -0.1) is 11.8 Å². The molecule has 2 N–H and O–H groups in total. The first kappa shape index (κ1) is 32.3. The van der Waals surface area contributed by atoms with Crippen LogP contribution in [0.1, 0.15) is 69.9 Å². The standard InChI is InChI=1S/C38H41NO5S/c40-37(41)12-6-7-23-39(34-22-25-45-36-26-32(38(42)43)19-20-33(34)36)24-21-31-10-4-5-11-35(31)44-27-30-17-15-29(16-18-30)14-13-28-8-2-1-3-9-28/h1-5,8-11,15-20,26,34H,6-7,12-14,21-25,27H2,(H,40,41)(H,42,43). The Kier molecular flexibility index (Phi) is 11.7. The van der Waals surface area contributed by atoms with Crippen LogP contribution >= 0.6 is 11.8 Å². The van der Waals surface area contributed by atoms with E-state index in [1.807, 2.05) is 30.3 Å². The third kappa shape index (κ3) is 9.46. The van der Waals surface area contributed by atoms with E-state index < -0.39 is 11.9 Å². The monoisotopic (exact) mass is 623 g/mol. The Labute approximate surface area is 270 Å². The number of rotatable bonds is 16. The summed E-state index contributed by atoms with van der Waals surface area (Å²) in [5.74, 6) is 0.107. The number of thioether (sulfide) groups is 1. The quantitative estimate of drug-likeness (QED) is 0.122. The van der Waals surface area contributed by atoms with Gasteiger partial charge >= 0.3 is 11.9 Å². The third-order valence-corrected chi connectivity index (χ3v) is 9.50. The molecule has 4 aromatic carbocycles. The number of carboxylic acids is 2. The lowest BCUT2D eigenvalue weighted by Gasteiger charge is -2.36. The van der Waals surface area contributed by atoms with Crippen LogP contribution in [-0.2, 0) is 30.7 Å². The van der Waals surface area contributed by atoms with E-state index in [2.05, 4.69) is 59.5 Å². The van der Waals surface area contributed by atoms with E-state index in [1.54, 1.807) is 23.9 Å². The Hall–Kier alpha value is -4.07. The summed E-state index contributed by atoms with van der Waals surface area (Å²) in [6.45, 7) is 2.06. The van der Waals surface area contributed by atoms with Crippen LogP contribution in [0.15, 0.2) is 102 Å². The van der Waals surface area contributed by atoms with Gasteiger partial charge in [0.05, 0.1) is 5.56 Å². The lowest BCUT2D eigenvalue weighted by molar-refractivity contribution is -0.137. The highest BCUT2D eigenvalue weighted by Gasteiger charge is 2.27. The second kappa shape index (κ2) is 16.3. The number of para-hydroxylation sites is 1. The molecule has 5 rings (SSSR count). The van der Waals surface area contributed by atoms with Gasteiger partial charge in [0.15, 0.2) is 0 Å². The molecule has 0 aromatic heterocycles. The van der Waals surface area contributed by atoms with Crippen LogP contribution in [0.4, 0.5) is 0 Å². The van der Waals surface area contributed by atoms with Crippen LogP contribution in [0.3, 0.4) is 0 Å². The second-order valence-corrected chi connectivity index (χ2v) is 12.7. The molecule has 7 heteroatoms. The number of aliphatic carboxylic acids is 1. The molecule has 1 aliphatic heterocycles. The van der Waals surface area contributed by atoms with Crippen LogP contribution in [0.25, 0.3) is 0 Å². The maximum absolute atomic E-state index is 11.6. The molecule has 0 amide bonds. The number of fused-ring (bicyclic) bond motifs is 1. The molecule has 0 fully saturated rings. The first-order valence-electron chi connectivity index (χ1n) is 15.7. The fourth-order valence-electron chi connectivity index (χ4n) is 5.91. The van der Waals surface area contributed by atoms with Crippen LogP contribution in [0.5, 0.6) is 5.75 Å². The van der Waals surface area contributed by atoms with Gasteiger partial charge in [0, 0.05) is 23.9 Å². The lowest BCUT2D eigenvalue weighted by Crippen LogP contribution is -2.34. The minimum absolute atomic E-state index is 0.155. The minimum atomic E-state index is -0.915. The fraction of sp³-hybridized carbons (Fsp3) is 0.316. The van der Waals surface area contributed by atoms with Gasteiger partial charge in [0.2, 0.25) is 0 Å². The van der Waals surface area contributed by atoms with E-state index in [0.29, 0.717) is 18.6 Å². The number of unbranched alkanes of at least 4 members (excludes halogenated alkanes) is 1. The summed E-state index contributed by atoms with van der Waals surface area (Å²) in [5, 5.41) is 18.6. The number of ether oxygens (including phenoxy) is 1. The summed E-state index contributed by atoms with van der Waals surface area (Å²) < 4.78 is 6.34. The number of carbonyl (C=O) groups is 2. The molecule has 1 heterocycles. The highest BCUT2D eigenvalue weighted by molar-refractivity contribution is 7.99. The average Bonchev–Trinajstić information content (AvgIpc) is 3.07. The van der Waals surface area contributed by atoms with Gasteiger partial charge < -0.3 is 14.9 Å². The zero-order valence-corrected chi connectivity index (χ0v) is 26.4. The maximum atomic E-state index is 11.6. The Morgan fingerprint density at radius 3 is 2.24 bits per heavy atom. The van der Waals surface area contributed by atoms with Crippen molar-refractivity contribution < 1.29 is 24.5 Å².